The number of aromatic nitrogens is 1. The van der Waals surface area contributed by atoms with E-state index in [0.717, 1.165) is 5.56 Å². The van der Waals surface area contributed by atoms with Crippen molar-refractivity contribution in [3.05, 3.63) is 47.1 Å². The molecule has 1 aromatic carbocycles. The third-order valence-corrected chi connectivity index (χ3v) is 3.31. The van der Waals surface area contributed by atoms with Crippen LogP contribution >= 0.6 is 35.6 Å². The minimum Gasteiger partial charge on any atom is -0.495 e. The maximum absolute atomic E-state index is 12.1. The standard InChI is InChI=1S/C16H17ClF2N4O2.HI/c1-24-13-3-2-11(7-12(13)17)23-16(20)22-8-10-4-5-21-15(6-10)25-9-14(18)19;/h2-7,14H,8-9H2,1H3,(H3,20,22,23);1H. The van der Waals surface area contributed by atoms with Gasteiger partial charge in [0, 0.05) is 18.0 Å². The molecule has 0 unspecified atom stereocenters. The zero-order chi connectivity index (χ0) is 18.2. The van der Waals surface area contributed by atoms with Crippen LogP contribution in [-0.4, -0.2) is 31.1 Å². The van der Waals surface area contributed by atoms with Gasteiger partial charge in [0.15, 0.2) is 12.6 Å². The van der Waals surface area contributed by atoms with Gasteiger partial charge in [-0.3, -0.25) is 0 Å². The van der Waals surface area contributed by atoms with E-state index in [2.05, 4.69) is 15.3 Å². The number of rotatable bonds is 7. The molecule has 6 nitrogen and oxygen atoms in total. The minimum absolute atomic E-state index is 0. The number of methoxy groups -OCH3 is 1. The highest BCUT2D eigenvalue weighted by molar-refractivity contribution is 14.0. The van der Waals surface area contributed by atoms with E-state index in [9.17, 15) is 8.78 Å². The molecule has 1 heterocycles. The van der Waals surface area contributed by atoms with Crippen LogP contribution in [0.15, 0.2) is 41.5 Å². The van der Waals surface area contributed by atoms with E-state index in [0.29, 0.717) is 16.5 Å². The summed E-state index contributed by atoms with van der Waals surface area (Å²) in [7, 11) is 1.53. The van der Waals surface area contributed by atoms with Crippen LogP contribution in [0.3, 0.4) is 0 Å². The van der Waals surface area contributed by atoms with E-state index in [-0.39, 0.29) is 42.4 Å². The number of aliphatic imine (C=N–C) groups is 1. The zero-order valence-electron chi connectivity index (χ0n) is 13.8. The number of ether oxygens (including phenoxy) is 2. The Hall–Kier alpha value is -1.88. The second-order valence-electron chi connectivity index (χ2n) is 4.88. The van der Waals surface area contributed by atoms with Gasteiger partial charge in [0.05, 0.1) is 18.7 Å². The second-order valence-corrected chi connectivity index (χ2v) is 5.29. The van der Waals surface area contributed by atoms with E-state index in [1.165, 1.54) is 19.4 Å². The second kappa shape index (κ2) is 11.0. The summed E-state index contributed by atoms with van der Waals surface area (Å²) in [6.45, 7) is -0.474. The van der Waals surface area contributed by atoms with Crippen molar-refractivity contribution in [2.45, 2.75) is 13.0 Å². The molecule has 0 fully saturated rings. The van der Waals surface area contributed by atoms with Gasteiger partial charge in [-0.15, -0.1) is 24.0 Å². The first-order chi connectivity index (χ1) is 12.0. The molecular weight excluding hydrogens is 481 g/mol. The van der Waals surface area contributed by atoms with Gasteiger partial charge >= 0.3 is 0 Å². The molecule has 10 heteroatoms. The van der Waals surface area contributed by atoms with Crippen LogP contribution in [0, 0.1) is 0 Å². The third kappa shape index (κ3) is 7.16. The van der Waals surface area contributed by atoms with Gasteiger partial charge in [0.1, 0.15) is 5.75 Å². The van der Waals surface area contributed by atoms with Crippen molar-refractivity contribution in [3.8, 4) is 11.6 Å². The van der Waals surface area contributed by atoms with E-state index >= 15 is 0 Å². The predicted molar refractivity (Wildman–Crippen MR) is 108 cm³/mol. The number of nitrogens with two attached hydrogens (primary N) is 1. The molecule has 26 heavy (non-hydrogen) atoms. The summed E-state index contributed by atoms with van der Waals surface area (Å²) in [4.78, 5) is 8.03. The Morgan fingerprint density at radius 1 is 1.35 bits per heavy atom. The summed E-state index contributed by atoms with van der Waals surface area (Å²) >= 11 is 6.04. The fourth-order valence-corrected chi connectivity index (χ4v) is 2.14. The molecule has 0 radical (unpaired) electrons. The van der Waals surface area contributed by atoms with Crippen molar-refractivity contribution >= 4 is 47.2 Å². The number of alkyl halides is 2. The molecule has 0 atom stereocenters. The highest BCUT2D eigenvalue weighted by Gasteiger charge is 2.05. The number of hydrogen-bond acceptors (Lipinski definition) is 4. The van der Waals surface area contributed by atoms with Crippen LogP contribution in [0.25, 0.3) is 0 Å². The van der Waals surface area contributed by atoms with Crippen molar-refractivity contribution in [1.29, 1.82) is 0 Å². The molecule has 3 N–H and O–H groups in total. The number of hydrogen-bond donors (Lipinski definition) is 2. The Kier molecular flexibility index (Phi) is 9.35. The molecular formula is C16H18ClF2IN4O2. The number of anilines is 1. The topological polar surface area (TPSA) is 81.8 Å². The summed E-state index contributed by atoms with van der Waals surface area (Å²) in [6, 6.07) is 8.33. The number of pyridine rings is 1. The maximum atomic E-state index is 12.1. The zero-order valence-corrected chi connectivity index (χ0v) is 16.9. The summed E-state index contributed by atoms with van der Waals surface area (Å²) < 4.78 is 34.2. The molecule has 2 rings (SSSR count). The van der Waals surface area contributed by atoms with Crippen LogP contribution in [0.1, 0.15) is 5.56 Å². The number of nitrogens with one attached hydrogen (secondary N) is 1. The largest absolute Gasteiger partial charge is 0.495 e. The molecule has 1 aromatic heterocycles. The van der Waals surface area contributed by atoms with E-state index in [1.807, 2.05) is 0 Å². The lowest BCUT2D eigenvalue weighted by Crippen LogP contribution is -2.22. The molecule has 142 valence electrons. The first-order valence-electron chi connectivity index (χ1n) is 7.24. The molecule has 2 aromatic rings. The van der Waals surface area contributed by atoms with Gasteiger partial charge < -0.3 is 20.5 Å². The van der Waals surface area contributed by atoms with E-state index in [4.69, 9.17) is 26.8 Å². The monoisotopic (exact) mass is 498 g/mol. The number of nitrogens with zero attached hydrogens (tertiary/aromatic N) is 2. The lowest BCUT2D eigenvalue weighted by atomic mass is 10.3. The maximum Gasteiger partial charge on any atom is 0.272 e. The summed E-state index contributed by atoms with van der Waals surface area (Å²) in [5.41, 5.74) is 7.20. The van der Waals surface area contributed by atoms with Gasteiger partial charge in [0.25, 0.3) is 6.43 Å². The van der Waals surface area contributed by atoms with Crippen LogP contribution < -0.4 is 20.5 Å². The molecule has 0 spiro atoms. The van der Waals surface area contributed by atoms with Crippen LogP contribution in [0.4, 0.5) is 14.5 Å². The average molecular weight is 499 g/mol. The summed E-state index contributed by atoms with van der Waals surface area (Å²) in [5.74, 6) is 0.838. The predicted octanol–water partition coefficient (Wildman–Crippen LogP) is 3.93. The lowest BCUT2D eigenvalue weighted by molar-refractivity contribution is 0.0795. The Morgan fingerprint density at radius 2 is 2.12 bits per heavy atom. The first-order valence-corrected chi connectivity index (χ1v) is 7.62. The third-order valence-electron chi connectivity index (χ3n) is 3.01. The van der Waals surface area contributed by atoms with Gasteiger partial charge in [0.2, 0.25) is 5.88 Å². The molecule has 0 saturated carbocycles. The van der Waals surface area contributed by atoms with Gasteiger partial charge in [-0.05, 0) is 29.8 Å². The fourth-order valence-electron chi connectivity index (χ4n) is 1.88. The van der Waals surface area contributed by atoms with E-state index in [1.54, 1.807) is 24.3 Å². The normalized spacial score (nSPS) is 11.0. The van der Waals surface area contributed by atoms with Gasteiger partial charge in [-0.1, -0.05) is 11.6 Å². The molecule has 0 aliphatic heterocycles. The van der Waals surface area contributed by atoms with Crippen molar-refractivity contribution in [1.82, 2.24) is 4.98 Å². The number of guanidine groups is 1. The van der Waals surface area contributed by atoms with Gasteiger partial charge in [-0.2, -0.15) is 0 Å². The van der Waals surface area contributed by atoms with Gasteiger partial charge in [-0.25, -0.2) is 18.8 Å². The first kappa shape index (κ1) is 22.2. The molecule has 0 amide bonds. The van der Waals surface area contributed by atoms with Crippen LogP contribution in [0.2, 0.25) is 5.02 Å². The smallest absolute Gasteiger partial charge is 0.272 e. The molecule has 0 aliphatic carbocycles. The average Bonchev–Trinajstić information content (AvgIpc) is 2.59. The Bertz CT molecular complexity index is 750. The number of benzene rings is 1. The molecule has 0 saturated heterocycles. The van der Waals surface area contributed by atoms with E-state index < -0.39 is 13.0 Å². The molecule has 0 aliphatic rings. The number of halogens is 4. The van der Waals surface area contributed by atoms with Crippen LogP contribution in [-0.2, 0) is 6.54 Å². The Balaban J connectivity index is 0.00000338. The molecule has 0 bridgehead atoms. The SMILES string of the molecule is COc1ccc(NC(N)=NCc2ccnc(OCC(F)F)c2)cc1Cl.I. The summed E-state index contributed by atoms with van der Waals surface area (Å²) in [5, 5.41) is 3.34. The minimum atomic E-state index is -2.56. The van der Waals surface area contributed by atoms with Crippen molar-refractivity contribution in [3.63, 3.8) is 0 Å². The highest BCUT2D eigenvalue weighted by atomic mass is 127. The van der Waals surface area contributed by atoms with Crippen molar-refractivity contribution in [2.24, 2.45) is 10.7 Å². The van der Waals surface area contributed by atoms with Crippen LogP contribution in [0.5, 0.6) is 11.6 Å². The van der Waals surface area contributed by atoms with Crippen molar-refractivity contribution < 1.29 is 18.3 Å². The Morgan fingerprint density at radius 3 is 2.77 bits per heavy atom. The summed E-state index contributed by atoms with van der Waals surface area (Å²) in [6.07, 6.45) is -1.10. The van der Waals surface area contributed by atoms with Crippen molar-refractivity contribution in [2.75, 3.05) is 19.0 Å². The highest BCUT2D eigenvalue weighted by Crippen LogP contribution is 2.27. The lowest BCUT2D eigenvalue weighted by Gasteiger charge is -2.09. The Labute approximate surface area is 171 Å². The fraction of sp³-hybridized carbons (Fsp3) is 0.250. The quantitative estimate of drug-likeness (QED) is 0.343.